The van der Waals surface area contributed by atoms with Gasteiger partial charge in [0.1, 0.15) is 5.60 Å². The standard InChI is InChI=1S/C24H31N3O5/c1-24(2,3)32-23(30)26(4)16-17-7-5-8-19(15-17)25-21(28)18-10-12-27(13-11-18)22(29)20-9-6-14-31-20/h5-9,14-15,18H,10-13,16H2,1-4H3,(H,25,28). The average Bonchev–Trinajstić information content (AvgIpc) is 3.27. The highest BCUT2D eigenvalue weighted by Gasteiger charge is 2.29. The van der Waals surface area contributed by atoms with E-state index in [2.05, 4.69) is 5.32 Å². The second-order valence-electron chi connectivity index (χ2n) is 9.07. The van der Waals surface area contributed by atoms with Crippen molar-refractivity contribution < 1.29 is 23.5 Å². The van der Waals surface area contributed by atoms with Crippen LogP contribution in [0.25, 0.3) is 0 Å². The molecule has 0 saturated carbocycles. The molecule has 8 heteroatoms. The first-order valence-corrected chi connectivity index (χ1v) is 10.8. The van der Waals surface area contributed by atoms with Crippen LogP contribution in [0.3, 0.4) is 0 Å². The predicted octanol–water partition coefficient (Wildman–Crippen LogP) is 4.14. The second kappa shape index (κ2) is 9.89. The highest BCUT2D eigenvalue weighted by molar-refractivity contribution is 5.94. The summed E-state index contributed by atoms with van der Waals surface area (Å²) in [4.78, 5) is 40.5. The third kappa shape index (κ3) is 6.35. The Morgan fingerprint density at radius 3 is 2.50 bits per heavy atom. The van der Waals surface area contributed by atoms with Crippen LogP contribution in [0.2, 0.25) is 0 Å². The minimum Gasteiger partial charge on any atom is -0.459 e. The third-order valence-corrected chi connectivity index (χ3v) is 5.20. The number of piperidine rings is 1. The Hall–Kier alpha value is -3.29. The van der Waals surface area contributed by atoms with Gasteiger partial charge in [0.05, 0.1) is 6.26 Å². The van der Waals surface area contributed by atoms with E-state index in [1.165, 1.54) is 11.2 Å². The summed E-state index contributed by atoms with van der Waals surface area (Å²) in [5, 5.41) is 2.97. The molecule has 2 aromatic rings. The summed E-state index contributed by atoms with van der Waals surface area (Å²) in [7, 11) is 1.68. The topological polar surface area (TPSA) is 92.1 Å². The van der Waals surface area contributed by atoms with Gasteiger partial charge in [-0.25, -0.2) is 4.79 Å². The van der Waals surface area contributed by atoms with Crippen molar-refractivity contribution in [2.75, 3.05) is 25.5 Å². The number of anilines is 1. The monoisotopic (exact) mass is 441 g/mol. The lowest BCUT2D eigenvalue weighted by Gasteiger charge is -2.30. The molecule has 1 aromatic carbocycles. The molecular weight excluding hydrogens is 410 g/mol. The number of carbonyl (C=O) groups excluding carboxylic acids is 3. The van der Waals surface area contributed by atoms with Crippen LogP contribution in [0.5, 0.6) is 0 Å². The third-order valence-electron chi connectivity index (χ3n) is 5.20. The summed E-state index contributed by atoms with van der Waals surface area (Å²) in [6.45, 7) is 6.87. The molecule has 1 saturated heterocycles. The molecule has 0 unspecified atom stereocenters. The fourth-order valence-corrected chi connectivity index (χ4v) is 3.57. The maximum atomic E-state index is 12.8. The van der Waals surface area contributed by atoms with E-state index in [0.29, 0.717) is 43.9 Å². The van der Waals surface area contributed by atoms with Gasteiger partial charge in [0.15, 0.2) is 5.76 Å². The van der Waals surface area contributed by atoms with E-state index in [-0.39, 0.29) is 17.7 Å². The van der Waals surface area contributed by atoms with Crippen molar-refractivity contribution in [1.82, 2.24) is 9.80 Å². The average molecular weight is 442 g/mol. The van der Waals surface area contributed by atoms with Crippen molar-refractivity contribution in [3.05, 3.63) is 54.0 Å². The zero-order chi connectivity index (χ0) is 23.3. The maximum absolute atomic E-state index is 12.8. The Bertz CT molecular complexity index is 941. The zero-order valence-corrected chi connectivity index (χ0v) is 19.1. The first kappa shape index (κ1) is 23.4. The molecule has 172 valence electrons. The van der Waals surface area contributed by atoms with Crippen LogP contribution in [-0.4, -0.2) is 53.4 Å². The number of benzene rings is 1. The van der Waals surface area contributed by atoms with Gasteiger partial charge in [0.2, 0.25) is 5.91 Å². The molecule has 1 aliphatic heterocycles. The molecule has 0 aliphatic carbocycles. The SMILES string of the molecule is CN(Cc1cccc(NC(=O)C2CCN(C(=O)c3ccco3)CC2)c1)C(=O)OC(C)(C)C. The number of nitrogens with zero attached hydrogens (tertiary/aromatic N) is 2. The van der Waals surface area contributed by atoms with Crippen LogP contribution >= 0.6 is 0 Å². The van der Waals surface area contributed by atoms with E-state index in [4.69, 9.17) is 9.15 Å². The molecule has 0 radical (unpaired) electrons. The Labute approximate surface area is 188 Å². The minimum absolute atomic E-state index is 0.0623. The lowest BCUT2D eigenvalue weighted by atomic mass is 9.95. The van der Waals surface area contributed by atoms with Gasteiger partial charge in [0.25, 0.3) is 5.91 Å². The largest absolute Gasteiger partial charge is 0.459 e. The fraction of sp³-hybridized carbons (Fsp3) is 0.458. The van der Waals surface area contributed by atoms with Gasteiger partial charge in [-0.2, -0.15) is 0 Å². The van der Waals surface area contributed by atoms with Crippen molar-refractivity contribution in [2.24, 2.45) is 5.92 Å². The summed E-state index contributed by atoms with van der Waals surface area (Å²) in [6, 6.07) is 10.8. The highest BCUT2D eigenvalue weighted by Crippen LogP contribution is 2.22. The normalized spacial score (nSPS) is 14.7. The van der Waals surface area contributed by atoms with Gasteiger partial charge in [-0.15, -0.1) is 0 Å². The smallest absolute Gasteiger partial charge is 0.410 e. The van der Waals surface area contributed by atoms with E-state index in [0.717, 1.165) is 5.56 Å². The number of hydrogen-bond donors (Lipinski definition) is 1. The van der Waals surface area contributed by atoms with Crippen molar-refractivity contribution in [1.29, 1.82) is 0 Å². The Kier molecular flexibility index (Phi) is 7.22. The van der Waals surface area contributed by atoms with Gasteiger partial charge < -0.3 is 24.3 Å². The van der Waals surface area contributed by atoms with E-state index in [1.54, 1.807) is 24.1 Å². The first-order chi connectivity index (χ1) is 15.1. The van der Waals surface area contributed by atoms with Crippen LogP contribution in [0.4, 0.5) is 10.5 Å². The van der Waals surface area contributed by atoms with E-state index >= 15 is 0 Å². The van der Waals surface area contributed by atoms with E-state index in [9.17, 15) is 14.4 Å². The number of carbonyl (C=O) groups is 3. The summed E-state index contributed by atoms with van der Waals surface area (Å²) in [6.07, 6.45) is 2.27. The zero-order valence-electron chi connectivity index (χ0n) is 19.1. The van der Waals surface area contributed by atoms with Crippen molar-refractivity contribution in [3.63, 3.8) is 0 Å². The lowest BCUT2D eigenvalue weighted by molar-refractivity contribution is -0.121. The maximum Gasteiger partial charge on any atom is 0.410 e. The Balaban J connectivity index is 1.51. The second-order valence-corrected chi connectivity index (χ2v) is 9.07. The molecule has 0 spiro atoms. The van der Waals surface area contributed by atoms with Gasteiger partial charge in [0, 0.05) is 38.3 Å². The number of nitrogens with one attached hydrogen (secondary N) is 1. The summed E-state index contributed by atoms with van der Waals surface area (Å²) in [5.41, 5.74) is 1.01. The van der Waals surface area contributed by atoms with Crippen LogP contribution in [0, 0.1) is 5.92 Å². The Morgan fingerprint density at radius 1 is 1.16 bits per heavy atom. The molecule has 32 heavy (non-hydrogen) atoms. The molecule has 1 fully saturated rings. The molecule has 8 nitrogen and oxygen atoms in total. The quantitative estimate of drug-likeness (QED) is 0.753. The highest BCUT2D eigenvalue weighted by atomic mass is 16.6. The molecule has 1 N–H and O–H groups in total. The first-order valence-electron chi connectivity index (χ1n) is 10.8. The predicted molar refractivity (Wildman–Crippen MR) is 120 cm³/mol. The Morgan fingerprint density at radius 2 is 1.88 bits per heavy atom. The van der Waals surface area contributed by atoms with Gasteiger partial charge in [-0.3, -0.25) is 9.59 Å². The van der Waals surface area contributed by atoms with E-state index in [1.807, 2.05) is 45.0 Å². The number of furan rings is 1. The van der Waals surface area contributed by atoms with Crippen molar-refractivity contribution in [2.45, 2.75) is 45.8 Å². The summed E-state index contributed by atoms with van der Waals surface area (Å²) >= 11 is 0. The number of rotatable bonds is 5. The number of ether oxygens (including phenoxy) is 1. The van der Waals surface area contributed by atoms with Gasteiger partial charge >= 0.3 is 6.09 Å². The van der Waals surface area contributed by atoms with Gasteiger partial charge in [-0.1, -0.05) is 12.1 Å². The molecule has 0 atom stereocenters. The lowest BCUT2D eigenvalue weighted by Crippen LogP contribution is -2.41. The molecule has 0 bridgehead atoms. The molecule has 2 heterocycles. The molecule has 1 aliphatic rings. The van der Waals surface area contributed by atoms with Gasteiger partial charge in [-0.05, 0) is 63.4 Å². The van der Waals surface area contributed by atoms with E-state index < -0.39 is 11.7 Å². The molecule has 1 aromatic heterocycles. The molecule has 3 rings (SSSR count). The number of hydrogen-bond acceptors (Lipinski definition) is 5. The fourth-order valence-electron chi connectivity index (χ4n) is 3.57. The summed E-state index contributed by atoms with van der Waals surface area (Å²) < 4.78 is 10.6. The molecule has 3 amide bonds. The van der Waals surface area contributed by atoms with Crippen LogP contribution < -0.4 is 5.32 Å². The molecular formula is C24H31N3O5. The van der Waals surface area contributed by atoms with Crippen molar-refractivity contribution in [3.8, 4) is 0 Å². The van der Waals surface area contributed by atoms with Crippen LogP contribution in [-0.2, 0) is 16.1 Å². The van der Waals surface area contributed by atoms with Crippen LogP contribution in [0.15, 0.2) is 47.1 Å². The summed E-state index contributed by atoms with van der Waals surface area (Å²) in [5.74, 6) is -0.0479. The minimum atomic E-state index is -0.556. The van der Waals surface area contributed by atoms with Crippen LogP contribution in [0.1, 0.15) is 49.7 Å². The number of amides is 3. The van der Waals surface area contributed by atoms with Crippen molar-refractivity contribution >= 4 is 23.6 Å². The number of likely N-dealkylation sites (tertiary alicyclic amines) is 1.